The van der Waals surface area contributed by atoms with Crippen LogP contribution in [0, 0.1) is 0 Å². The fourth-order valence-corrected chi connectivity index (χ4v) is 1.96. The van der Waals surface area contributed by atoms with Gasteiger partial charge in [-0.2, -0.15) is 4.73 Å². The van der Waals surface area contributed by atoms with Crippen molar-refractivity contribution in [2.45, 2.75) is 6.61 Å². The van der Waals surface area contributed by atoms with Crippen LogP contribution < -0.4 is 16.3 Å². The summed E-state index contributed by atoms with van der Waals surface area (Å²) in [6, 6.07) is 13.4. The van der Waals surface area contributed by atoms with Crippen LogP contribution in [-0.2, 0) is 6.61 Å². The third-order valence-electron chi connectivity index (χ3n) is 2.94. The first-order valence-electron chi connectivity index (χ1n) is 5.94. The highest BCUT2D eigenvalue weighted by Gasteiger charge is 2.09. The van der Waals surface area contributed by atoms with E-state index in [9.17, 15) is 0 Å². The molecule has 0 saturated carbocycles. The number of rotatable bonds is 3. The number of imidazole rings is 1. The monoisotopic (exact) mass is 254 g/mol. The third kappa shape index (κ3) is 2.06. The van der Waals surface area contributed by atoms with Crippen LogP contribution in [0.4, 0.5) is 11.4 Å². The molecule has 19 heavy (non-hydrogen) atoms. The summed E-state index contributed by atoms with van der Waals surface area (Å²) in [7, 11) is 0. The number of anilines is 2. The van der Waals surface area contributed by atoms with E-state index >= 15 is 0 Å². The van der Waals surface area contributed by atoms with E-state index in [1.54, 1.807) is 23.2 Å². The number of hydrogen-bond donors (Lipinski definition) is 2. The smallest absolute Gasteiger partial charge is 0.140 e. The van der Waals surface area contributed by atoms with Crippen molar-refractivity contribution >= 4 is 22.4 Å². The molecule has 3 rings (SSSR count). The molecule has 0 aliphatic heterocycles. The molecule has 1 heterocycles. The molecule has 0 aliphatic rings. The first kappa shape index (κ1) is 11.4. The average Bonchev–Trinajstić information content (AvgIpc) is 2.87. The second-order valence-corrected chi connectivity index (χ2v) is 4.27. The molecule has 1 aromatic heterocycles. The summed E-state index contributed by atoms with van der Waals surface area (Å²) in [6.45, 7) is 0.445. The van der Waals surface area contributed by atoms with Crippen molar-refractivity contribution < 1.29 is 4.84 Å². The van der Waals surface area contributed by atoms with Gasteiger partial charge >= 0.3 is 0 Å². The van der Waals surface area contributed by atoms with E-state index in [-0.39, 0.29) is 0 Å². The van der Waals surface area contributed by atoms with Crippen LogP contribution in [0.15, 0.2) is 48.8 Å². The minimum absolute atomic E-state index is 0.445. The molecule has 0 unspecified atom stereocenters. The van der Waals surface area contributed by atoms with Crippen LogP contribution in [0.2, 0.25) is 0 Å². The lowest BCUT2D eigenvalue weighted by Crippen LogP contribution is -2.10. The lowest BCUT2D eigenvalue weighted by atomic mass is 10.2. The first-order chi connectivity index (χ1) is 9.25. The van der Waals surface area contributed by atoms with Crippen molar-refractivity contribution in [3.63, 3.8) is 0 Å². The van der Waals surface area contributed by atoms with Gasteiger partial charge in [-0.25, -0.2) is 4.98 Å². The summed E-state index contributed by atoms with van der Waals surface area (Å²) >= 11 is 0. The minimum Gasteiger partial charge on any atom is -0.407 e. The Morgan fingerprint density at radius 3 is 2.53 bits per heavy atom. The largest absolute Gasteiger partial charge is 0.407 e. The van der Waals surface area contributed by atoms with Gasteiger partial charge in [0, 0.05) is 0 Å². The van der Waals surface area contributed by atoms with E-state index in [1.807, 2.05) is 30.3 Å². The molecule has 0 amide bonds. The number of nitrogens with zero attached hydrogens (tertiary/aromatic N) is 2. The van der Waals surface area contributed by atoms with Gasteiger partial charge in [0.05, 0.1) is 11.4 Å². The number of fused-ring (bicyclic) bond motifs is 1. The highest BCUT2D eigenvalue weighted by molar-refractivity contribution is 5.95. The summed E-state index contributed by atoms with van der Waals surface area (Å²) in [6.07, 6.45) is 1.58. The van der Waals surface area contributed by atoms with Crippen LogP contribution in [-0.4, -0.2) is 9.71 Å². The summed E-state index contributed by atoms with van der Waals surface area (Å²) in [4.78, 5) is 9.92. The molecule has 5 nitrogen and oxygen atoms in total. The van der Waals surface area contributed by atoms with E-state index in [0.717, 1.165) is 5.56 Å². The molecule has 0 fully saturated rings. The van der Waals surface area contributed by atoms with Gasteiger partial charge in [0.1, 0.15) is 24.0 Å². The topological polar surface area (TPSA) is 79.1 Å². The zero-order valence-corrected chi connectivity index (χ0v) is 10.3. The van der Waals surface area contributed by atoms with E-state index in [2.05, 4.69) is 4.98 Å². The molecule has 0 saturated heterocycles. The number of nitrogen functional groups attached to an aromatic ring is 2. The lowest BCUT2D eigenvalue weighted by Gasteiger charge is -2.09. The van der Waals surface area contributed by atoms with Crippen molar-refractivity contribution in [2.24, 2.45) is 0 Å². The molecule has 4 N–H and O–H groups in total. The van der Waals surface area contributed by atoms with Gasteiger partial charge in [0.2, 0.25) is 0 Å². The fraction of sp³-hybridized carbons (Fsp3) is 0.0714. The Balaban J connectivity index is 1.92. The van der Waals surface area contributed by atoms with Crippen molar-refractivity contribution in [1.82, 2.24) is 9.71 Å². The van der Waals surface area contributed by atoms with E-state index in [1.165, 1.54) is 0 Å². The zero-order valence-electron chi connectivity index (χ0n) is 10.3. The predicted molar refractivity (Wildman–Crippen MR) is 75.3 cm³/mol. The van der Waals surface area contributed by atoms with Gasteiger partial charge in [0.25, 0.3) is 0 Å². The summed E-state index contributed by atoms with van der Waals surface area (Å²) in [5.41, 5.74) is 15.4. The number of hydrogen-bond acceptors (Lipinski definition) is 4. The van der Waals surface area contributed by atoms with Crippen LogP contribution in [0.25, 0.3) is 11.0 Å². The molecule has 0 aliphatic carbocycles. The Morgan fingerprint density at radius 2 is 1.74 bits per heavy atom. The number of aromatic nitrogens is 2. The molecule has 0 atom stereocenters. The van der Waals surface area contributed by atoms with Gasteiger partial charge in [-0.15, -0.1) is 0 Å². The molecule has 0 bridgehead atoms. The van der Waals surface area contributed by atoms with Crippen molar-refractivity contribution in [3.8, 4) is 0 Å². The van der Waals surface area contributed by atoms with Gasteiger partial charge < -0.3 is 16.3 Å². The fourth-order valence-electron chi connectivity index (χ4n) is 1.96. The van der Waals surface area contributed by atoms with Crippen molar-refractivity contribution in [1.29, 1.82) is 0 Å². The lowest BCUT2D eigenvalue weighted by molar-refractivity contribution is 0.106. The molecule has 96 valence electrons. The molecule has 2 aromatic carbocycles. The van der Waals surface area contributed by atoms with E-state index in [0.29, 0.717) is 29.0 Å². The third-order valence-corrected chi connectivity index (χ3v) is 2.94. The average molecular weight is 254 g/mol. The van der Waals surface area contributed by atoms with Crippen LogP contribution in [0.1, 0.15) is 5.56 Å². The molecule has 0 radical (unpaired) electrons. The highest BCUT2D eigenvalue weighted by atomic mass is 16.7. The Labute approximate surface area is 110 Å². The molecule has 0 spiro atoms. The van der Waals surface area contributed by atoms with Crippen LogP contribution >= 0.6 is 0 Å². The molecular weight excluding hydrogens is 240 g/mol. The maximum Gasteiger partial charge on any atom is 0.140 e. The summed E-state index contributed by atoms with van der Waals surface area (Å²) in [5.74, 6) is 0. The van der Waals surface area contributed by atoms with Crippen molar-refractivity contribution in [2.75, 3.05) is 11.5 Å². The minimum atomic E-state index is 0.445. The number of benzene rings is 2. The maximum absolute atomic E-state index is 5.94. The van der Waals surface area contributed by atoms with Crippen LogP contribution in [0.5, 0.6) is 0 Å². The first-order valence-corrected chi connectivity index (χ1v) is 5.94. The standard InChI is InChI=1S/C14H14N4O/c15-11-6-7-12(16)14-13(11)17-9-18(14)19-8-10-4-2-1-3-5-10/h1-7,9H,8,15-16H2. The van der Waals surface area contributed by atoms with E-state index < -0.39 is 0 Å². The summed E-state index contributed by atoms with van der Waals surface area (Å²) in [5, 5.41) is 0. The Kier molecular flexibility index (Phi) is 2.72. The second kappa shape index (κ2) is 4.53. The molecule has 3 aromatic rings. The SMILES string of the molecule is Nc1ccc(N)c2c1ncn2OCc1ccccc1. The predicted octanol–water partition coefficient (Wildman–Crippen LogP) is 1.83. The number of nitrogens with two attached hydrogens (primary N) is 2. The molecule has 5 heteroatoms. The van der Waals surface area contributed by atoms with Gasteiger partial charge in [-0.05, 0) is 17.7 Å². The Bertz CT molecular complexity index is 706. The van der Waals surface area contributed by atoms with Crippen LogP contribution in [0.3, 0.4) is 0 Å². The van der Waals surface area contributed by atoms with Gasteiger partial charge in [-0.1, -0.05) is 30.3 Å². The maximum atomic E-state index is 5.94. The highest BCUT2D eigenvalue weighted by Crippen LogP contribution is 2.24. The van der Waals surface area contributed by atoms with E-state index in [4.69, 9.17) is 16.3 Å². The van der Waals surface area contributed by atoms with Crippen molar-refractivity contribution in [3.05, 3.63) is 54.4 Å². The Hall–Kier alpha value is -2.69. The summed E-state index contributed by atoms with van der Waals surface area (Å²) < 4.78 is 1.56. The Morgan fingerprint density at radius 1 is 1.00 bits per heavy atom. The molecular formula is C14H14N4O. The zero-order chi connectivity index (χ0) is 13.2. The van der Waals surface area contributed by atoms with Gasteiger partial charge in [0.15, 0.2) is 0 Å². The van der Waals surface area contributed by atoms with Gasteiger partial charge in [-0.3, -0.25) is 0 Å². The normalized spacial score (nSPS) is 10.7. The quantitative estimate of drug-likeness (QED) is 0.699. The second-order valence-electron chi connectivity index (χ2n) is 4.27.